The first-order chi connectivity index (χ1) is 12.5. The molecule has 0 bridgehead atoms. The maximum atomic E-state index is 11.3. The molecule has 0 saturated heterocycles. The van der Waals surface area contributed by atoms with Crippen LogP contribution in [0, 0.1) is 0 Å². The van der Waals surface area contributed by atoms with Gasteiger partial charge in [0.1, 0.15) is 12.2 Å². The van der Waals surface area contributed by atoms with Crippen LogP contribution >= 0.6 is 0 Å². The number of hydrogen-bond donors (Lipinski definition) is 0. The summed E-state index contributed by atoms with van der Waals surface area (Å²) < 4.78 is 9.86. The number of carbonyl (C=O) groups is 2. The van der Waals surface area contributed by atoms with Crippen molar-refractivity contribution in [3.8, 4) is 0 Å². The van der Waals surface area contributed by atoms with Crippen LogP contribution in [0.15, 0.2) is 0 Å². The highest BCUT2D eigenvalue weighted by atomic mass is 17.7. The van der Waals surface area contributed by atoms with Gasteiger partial charge < -0.3 is 9.47 Å². The molecule has 154 valence electrons. The summed E-state index contributed by atoms with van der Waals surface area (Å²) in [6.45, 7) is 7.76. The molecule has 0 heterocycles. The molecule has 8 heteroatoms. The van der Waals surface area contributed by atoms with E-state index in [1.807, 2.05) is 0 Å². The lowest BCUT2D eigenvalue weighted by molar-refractivity contribution is -0.601. The quantitative estimate of drug-likeness (QED) is 0.153. The molecule has 0 fully saturated rings. The average molecular weight is 378 g/mol. The second kappa shape index (κ2) is 16.9. The van der Waals surface area contributed by atoms with Crippen molar-refractivity contribution >= 4 is 12.3 Å². The first-order valence-electron chi connectivity index (χ1n) is 9.58. The Balaban J connectivity index is 3.61. The topological polar surface area (TPSA) is 89.5 Å². The van der Waals surface area contributed by atoms with Crippen LogP contribution < -0.4 is 0 Å². The first-order valence-corrected chi connectivity index (χ1v) is 9.58. The van der Waals surface area contributed by atoms with E-state index in [4.69, 9.17) is 9.47 Å². The van der Waals surface area contributed by atoms with Crippen molar-refractivity contribution in [1.29, 1.82) is 0 Å². The van der Waals surface area contributed by atoms with E-state index in [1.165, 1.54) is 0 Å². The number of hydrogen-bond acceptors (Lipinski definition) is 8. The minimum absolute atomic E-state index is 0.303. The Morgan fingerprint density at radius 1 is 0.654 bits per heavy atom. The van der Waals surface area contributed by atoms with Gasteiger partial charge in [-0.25, -0.2) is 19.4 Å². The van der Waals surface area contributed by atoms with E-state index in [9.17, 15) is 9.59 Å². The highest BCUT2D eigenvalue weighted by Crippen LogP contribution is 2.10. The molecular weight excluding hydrogens is 344 g/mol. The van der Waals surface area contributed by atoms with Crippen LogP contribution in [0.2, 0.25) is 0 Å². The van der Waals surface area contributed by atoms with Gasteiger partial charge >= 0.3 is 12.3 Å². The molecule has 26 heavy (non-hydrogen) atoms. The van der Waals surface area contributed by atoms with Crippen LogP contribution in [-0.4, -0.2) is 24.5 Å². The summed E-state index contributed by atoms with van der Waals surface area (Å²) in [5, 5.41) is 8.01. The Hall–Kier alpha value is -1.54. The molecule has 0 spiro atoms. The standard InChI is InChI=1S/C18H34O8/c1-5-7-9-11-13-15(3)21-17(19)23-25-26-24-18(20)22-16(4)14-12-10-8-6-2/h15-16H,5-14H2,1-4H3. The highest BCUT2D eigenvalue weighted by Gasteiger charge is 2.15. The van der Waals surface area contributed by atoms with Crippen molar-refractivity contribution in [1.82, 2.24) is 0 Å². The van der Waals surface area contributed by atoms with Crippen molar-refractivity contribution in [2.24, 2.45) is 0 Å². The van der Waals surface area contributed by atoms with Gasteiger partial charge in [-0.1, -0.05) is 52.4 Å². The van der Waals surface area contributed by atoms with E-state index in [2.05, 4.69) is 33.7 Å². The third kappa shape index (κ3) is 16.0. The van der Waals surface area contributed by atoms with Crippen molar-refractivity contribution in [2.45, 2.75) is 104 Å². The van der Waals surface area contributed by atoms with E-state index in [0.29, 0.717) is 0 Å². The van der Waals surface area contributed by atoms with Gasteiger partial charge in [0, 0.05) is 10.1 Å². The molecule has 0 aromatic heterocycles. The maximum Gasteiger partial charge on any atom is 0.542 e. The largest absolute Gasteiger partial charge is 0.542 e. The third-order valence-corrected chi connectivity index (χ3v) is 3.76. The first kappa shape index (κ1) is 24.5. The van der Waals surface area contributed by atoms with Crippen LogP contribution in [-0.2, 0) is 29.3 Å². The fourth-order valence-corrected chi connectivity index (χ4v) is 2.29. The molecule has 0 aliphatic carbocycles. The van der Waals surface area contributed by atoms with Gasteiger partial charge in [-0.15, -0.1) is 0 Å². The van der Waals surface area contributed by atoms with Crippen LogP contribution in [0.1, 0.15) is 91.9 Å². The second-order valence-corrected chi connectivity index (χ2v) is 6.36. The highest BCUT2D eigenvalue weighted by molar-refractivity contribution is 5.59. The van der Waals surface area contributed by atoms with Gasteiger partial charge in [-0.3, -0.25) is 0 Å². The lowest BCUT2D eigenvalue weighted by Gasteiger charge is -2.12. The predicted molar refractivity (Wildman–Crippen MR) is 93.7 cm³/mol. The molecule has 0 radical (unpaired) electrons. The Morgan fingerprint density at radius 3 is 1.38 bits per heavy atom. The van der Waals surface area contributed by atoms with Gasteiger partial charge in [0.2, 0.25) is 0 Å². The molecule has 0 N–H and O–H groups in total. The van der Waals surface area contributed by atoms with Crippen molar-refractivity contribution in [2.75, 3.05) is 0 Å². The molecule has 0 amide bonds. The molecule has 0 saturated carbocycles. The fraction of sp³-hybridized carbons (Fsp3) is 0.889. The lowest BCUT2D eigenvalue weighted by atomic mass is 10.1. The number of carbonyl (C=O) groups excluding carboxylic acids is 2. The zero-order valence-electron chi connectivity index (χ0n) is 16.5. The Labute approximate surface area is 156 Å². The minimum Gasteiger partial charge on any atom is -0.429 e. The fourth-order valence-electron chi connectivity index (χ4n) is 2.29. The summed E-state index contributed by atoms with van der Waals surface area (Å²) in [6, 6.07) is 0. The van der Waals surface area contributed by atoms with E-state index in [0.717, 1.165) is 64.2 Å². The van der Waals surface area contributed by atoms with E-state index >= 15 is 0 Å². The van der Waals surface area contributed by atoms with Gasteiger partial charge in [0.05, 0.1) is 0 Å². The van der Waals surface area contributed by atoms with Crippen LogP contribution in [0.25, 0.3) is 0 Å². The summed E-state index contributed by atoms with van der Waals surface area (Å²) in [4.78, 5) is 31.0. The Kier molecular flexibility index (Phi) is 15.9. The molecule has 2 atom stereocenters. The monoisotopic (exact) mass is 378 g/mol. The normalized spacial score (nSPS) is 12.9. The molecule has 0 aromatic carbocycles. The zero-order chi connectivity index (χ0) is 19.6. The number of ether oxygens (including phenoxy) is 2. The smallest absolute Gasteiger partial charge is 0.429 e. The Morgan fingerprint density at radius 2 is 1.04 bits per heavy atom. The van der Waals surface area contributed by atoms with Crippen molar-refractivity contribution < 1.29 is 38.9 Å². The van der Waals surface area contributed by atoms with Gasteiger partial charge in [0.25, 0.3) is 0 Å². The van der Waals surface area contributed by atoms with Crippen LogP contribution in [0.5, 0.6) is 0 Å². The molecule has 0 aliphatic rings. The molecule has 0 rings (SSSR count). The number of unbranched alkanes of at least 4 members (excludes halogenated alkanes) is 6. The van der Waals surface area contributed by atoms with Crippen molar-refractivity contribution in [3.05, 3.63) is 0 Å². The summed E-state index contributed by atoms with van der Waals surface area (Å²) in [5.74, 6) is 0. The van der Waals surface area contributed by atoms with E-state index in [-0.39, 0.29) is 12.2 Å². The summed E-state index contributed by atoms with van der Waals surface area (Å²) in [6.07, 6.45) is 7.40. The van der Waals surface area contributed by atoms with E-state index < -0.39 is 12.3 Å². The summed E-state index contributed by atoms with van der Waals surface area (Å²) in [5.41, 5.74) is 0. The molecule has 8 nitrogen and oxygen atoms in total. The van der Waals surface area contributed by atoms with Gasteiger partial charge in [-0.05, 0) is 39.5 Å². The lowest BCUT2D eigenvalue weighted by Crippen LogP contribution is -2.19. The van der Waals surface area contributed by atoms with Gasteiger partial charge in [-0.2, -0.15) is 0 Å². The maximum absolute atomic E-state index is 11.3. The third-order valence-electron chi connectivity index (χ3n) is 3.76. The SMILES string of the molecule is CCCCCCC(C)OC(=O)OOOOC(=O)OC(C)CCCCCC. The zero-order valence-corrected chi connectivity index (χ0v) is 16.5. The summed E-state index contributed by atoms with van der Waals surface area (Å²) >= 11 is 0. The van der Waals surface area contributed by atoms with Crippen LogP contribution in [0.4, 0.5) is 9.59 Å². The second-order valence-electron chi connectivity index (χ2n) is 6.36. The Bertz CT molecular complexity index is 327. The number of rotatable bonds is 15. The predicted octanol–water partition coefficient (Wildman–Crippen LogP) is 5.79. The average Bonchev–Trinajstić information content (AvgIpc) is 2.59. The molecule has 2 unspecified atom stereocenters. The minimum atomic E-state index is -1.07. The van der Waals surface area contributed by atoms with Crippen molar-refractivity contribution in [3.63, 3.8) is 0 Å². The van der Waals surface area contributed by atoms with Gasteiger partial charge in [0.15, 0.2) is 0 Å². The van der Waals surface area contributed by atoms with Crippen LogP contribution in [0.3, 0.4) is 0 Å². The molecule has 0 aromatic rings. The molecule has 0 aliphatic heterocycles. The molecular formula is C18H34O8. The van der Waals surface area contributed by atoms with E-state index in [1.54, 1.807) is 13.8 Å². The summed E-state index contributed by atoms with van der Waals surface area (Å²) in [7, 11) is 0.